The maximum Gasteiger partial charge on any atom is 0.0991 e. The average molecular weight is 401 g/mol. The highest BCUT2D eigenvalue weighted by Gasteiger charge is 2.62. The molecule has 154 valence electrons. The minimum atomic E-state index is -0.252. The van der Waals surface area contributed by atoms with Gasteiger partial charge in [-0.1, -0.05) is 18.2 Å². The molecule has 3 unspecified atom stereocenters. The standard InChI is InChI=1S/C25H28N4O/c1-3-29(30)10-8-25(17-29)14-23(25)28-24(2)13-21(12-20-7-9-27-16-22(20)24)19-6-4-5-18(11-19)15-26/h4-7,9,11-12,16,23,28H,3,8,10,13-14,17H2,1-2H3/t23?,24?,25-,29?/m1/s1. The van der Waals surface area contributed by atoms with E-state index in [0.29, 0.717) is 18.2 Å². The second kappa shape index (κ2) is 6.75. The van der Waals surface area contributed by atoms with E-state index in [4.69, 9.17) is 0 Å². The Kier molecular flexibility index (Phi) is 4.37. The molecule has 1 saturated carbocycles. The summed E-state index contributed by atoms with van der Waals surface area (Å²) in [4.78, 5) is 4.41. The van der Waals surface area contributed by atoms with E-state index in [1.807, 2.05) is 37.5 Å². The van der Waals surface area contributed by atoms with E-state index in [1.165, 1.54) is 16.7 Å². The van der Waals surface area contributed by atoms with Gasteiger partial charge in [0.25, 0.3) is 0 Å². The molecule has 1 saturated heterocycles. The normalized spacial score (nSPS) is 34.3. The number of hydrogen-bond donors (Lipinski definition) is 1. The zero-order valence-electron chi connectivity index (χ0n) is 17.7. The molecule has 30 heavy (non-hydrogen) atoms. The van der Waals surface area contributed by atoms with Crippen LogP contribution in [0.2, 0.25) is 0 Å². The van der Waals surface area contributed by atoms with Crippen LogP contribution in [0.15, 0.2) is 42.7 Å². The predicted molar refractivity (Wildman–Crippen MR) is 118 cm³/mol. The lowest BCUT2D eigenvalue weighted by Gasteiger charge is -2.39. The molecular weight excluding hydrogens is 372 g/mol. The number of hydroxylamine groups is 3. The fraction of sp³-hybridized carbons (Fsp3) is 0.440. The molecule has 3 aliphatic rings. The molecule has 4 atom stereocenters. The van der Waals surface area contributed by atoms with Gasteiger partial charge in [0.1, 0.15) is 0 Å². The molecule has 1 aliphatic heterocycles. The molecule has 2 heterocycles. The number of nitrogens with zero attached hydrogens (tertiary/aromatic N) is 3. The first kappa shape index (κ1) is 19.4. The number of likely N-dealkylation sites (tertiary alicyclic amines) is 1. The molecule has 1 aromatic carbocycles. The van der Waals surface area contributed by atoms with E-state index < -0.39 is 0 Å². The molecule has 1 aromatic heterocycles. The van der Waals surface area contributed by atoms with Crippen LogP contribution in [0.3, 0.4) is 0 Å². The van der Waals surface area contributed by atoms with Crippen molar-refractivity contribution in [3.8, 4) is 6.07 Å². The van der Waals surface area contributed by atoms with Crippen molar-refractivity contribution in [3.63, 3.8) is 0 Å². The van der Waals surface area contributed by atoms with Crippen LogP contribution in [0.5, 0.6) is 0 Å². The molecule has 1 spiro atoms. The van der Waals surface area contributed by atoms with Gasteiger partial charge in [-0.05, 0) is 67.2 Å². The van der Waals surface area contributed by atoms with E-state index in [1.54, 1.807) is 0 Å². The first-order valence-electron chi connectivity index (χ1n) is 10.9. The lowest BCUT2D eigenvalue weighted by atomic mass is 9.76. The van der Waals surface area contributed by atoms with Crippen molar-refractivity contribution in [2.24, 2.45) is 5.41 Å². The first-order chi connectivity index (χ1) is 14.4. The lowest BCUT2D eigenvalue weighted by Crippen LogP contribution is -2.45. The highest BCUT2D eigenvalue weighted by molar-refractivity contribution is 5.86. The molecule has 0 amide bonds. The number of quaternary nitrogens is 1. The zero-order chi connectivity index (χ0) is 21.0. The number of nitrogens with one attached hydrogen (secondary N) is 1. The molecule has 1 N–H and O–H groups in total. The molecule has 2 aromatic rings. The van der Waals surface area contributed by atoms with Crippen LogP contribution in [-0.4, -0.2) is 35.3 Å². The summed E-state index contributed by atoms with van der Waals surface area (Å²) in [6.45, 7) is 6.42. The highest BCUT2D eigenvalue weighted by atomic mass is 16.5. The monoisotopic (exact) mass is 400 g/mol. The summed E-state index contributed by atoms with van der Waals surface area (Å²) in [6.07, 6.45) is 8.98. The fourth-order valence-corrected chi connectivity index (χ4v) is 5.63. The van der Waals surface area contributed by atoms with Gasteiger partial charge in [0.05, 0.1) is 31.3 Å². The van der Waals surface area contributed by atoms with Crippen LogP contribution in [0.25, 0.3) is 11.6 Å². The second-order valence-corrected chi connectivity index (χ2v) is 9.60. The van der Waals surface area contributed by atoms with Crippen molar-refractivity contribution in [2.45, 2.75) is 44.7 Å². The van der Waals surface area contributed by atoms with Crippen LogP contribution >= 0.6 is 0 Å². The Morgan fingerprint density at radius 3 is 3.00 bits per heavy atom. The summed E-state index contributed by atoms with van der Waals surface area (Å²) in [6, 6.07) is 12.5. The van der Waals surface area contributed by atoms with Gasteiger partial charge in [0.15, 0.2) is 0 Å². The Balaban J connectivity index is 1.45. The molecule has 0 radical (unpaired) electrons. The first-order valence-corrected chi connectivity index (χ1v) is 10.9. The summed E-state index contributed by atoms with van der Waals surface area (Å²) < 4.78 is -0.0425. The summed E-state index contributed by atoms with van der Waals surface area (Å²) in [5.41, 5.74) is 5.29. The number of pyridine rings is 1. The molecule has 5 nitrogen and oxygen atoms in total. The summed E-state index contributed by atoms with van der Waals surface area (Å²) in [7, 11) is 0. The van der Waals surface area contributed by atoms with Crippen molar-refractivity contribution < 1.29 is 4.65 Å². The van der Waals surface area contributed by atoms with Crippen LogP contribution in [-0.2, 0) is 5.54 Å². The van der Waals surface area contributed by atoms with Gasteiger partial charge in [0.2, 0.25) is 0 Å². The van der Waals surface area contributed by atoms with E-state index in [2.05, 4.69) is 41.5 Å². The van der Waals surface area contributed by atoms with Crippen LogP contribution in [0.4, 0.5) is 0 Å². The number of benzene rings is 1. The highest BCUT2D eigenvalue weighted by Crippen LogP contribution is 2.56. The van der Waals surface area contributed by atoms with Gasteiger partial charge in [-0.2, -0.15) is 5.26 Å². The number of rotatable bonds is 4. The van der Waals surface area contributed by atoms with Crippen LogP contribution < -0.4 is 5.32 Å². The number of fused-ring (bicyclic) bond motifs is 1. The predicted octanol–water partition coefficient (Wildman–Crippen LogP) is 4.20. The zero-order valence-corrected chi connectivity index (χ0v) is 17.7. The van der Waals surface area contributed by atoms with Crippen molar-refractivity contribution >= 4 is 11.6 Å². The lowest BCUT2D eigenvalue weighted by molar-refractivity contribution is -0.868. The third-order valence-corrected chi connectivity index (χ3v) is 7.56. The Bertz CT molecular complexity index is 1070. The fourth-order valence-electron chi connectivity index (χ4n) is 5.63. The molecule has 5 heteroatoms. The Morgan fingerprint density at radius 1 is 1.37 bits per heavy atom. The van der Waals surface area contributed by atoms with E-state index >= 15 is 0 Å². The van der Waals surface area contributed by atoms with Crippen molar-refractivity contribution in [1.82, 2.24) is 10.3 Å². The summed E-state index contributed by atoms with van der Waals surface area (Å²) in [5.74, 6) is 0. The summed E-state index contributed by atoms with van der Waals surface area (Å²) in [5, 5.41) is 26.1. The van der Waals surface area contributed by atoms with Gasteiger partial charge in [-0.25, -0.2) is 0 Å². The number of nitriles is 1. The Hall–Kier alpha value is -2.52. The minimum Gasteiger partial charge on any atom is -0.633 e. The SMILES string of the molecule is CC[N+]1([O-])CC[C@@]2(CC2NC2(C)CC(c3cccc(C#N)c3)=Cc3ccncc32)C1. The third kappa shape index (κ3) is 3.16. The largest absolute Gasteiger partial charge is 0.633 e. The maximum atomic E-state index is 12.8. The molecule has 2 fully saturated rings. The summed E-state index contributed by atoms with van der Waals surface area (Å²) >= 11 is 0. The topological polar surface area (TPSA) is 71.8 Å². The van der Waals surface area contributed by atoms with Crippen molar-refractivity contribution in [3.05, 3.63) is 70.2 Å². The molecule has 5 rings (SSSR count). The van der Waals surface area contributed by atoms with Gasteiger partial charge >= 0.3 is 0 Å². The molecule has 0 bridgehead atoms. The Morgan fingerprint density at radius 2 is 2.23 bits per heavy atom. The van der Waals surface area contributed by atoms with E-state index in [0.717, 1.165) is 37.9 Å². The quantitative estimate of drug-likeness (QED) is 0.617. The number of aromatic nitrogens is 1. The van der Waals surface area contributed by atoms with E-state index in [9.17, 15) is 10.5 Å². The molecule has 2 aliphatic carbocycles. The van der Waals surface area contributed by atoms with Crippen LogP contribution in [0.1, 0.15) is 55.4 Å². The van der Waals surface area contributed by atoms with Gasteiger partial charge in [-0.15, -0.1) is 0 Å². The van der Waals surface area contributed by atoms with Gasteiger partial charge < -0.3 is 15.2 Å². The smallest absolute Gasteiger partial charge is 0.0991 e. The molecular formula is C25H28N4O. The van der Waals surface area contributed by atoms with E-state index in [-0.39, 0.29) is 15.6 Å². The average Bonchev–Trinajstić information content (AvgIpc) is 3.29. The maximum absolute atomic E-state index is 12.8. The van der Waals surface area contributed by atoms with Crippen LogP contribution in [0, 0.1) is 22.0 Å². The Labute approximate surface area is 178 Å². The van der Waals surface area contributed by atoms with Gasteiger partial charge in [0, 0.05) is 35.8 Å². The minimum absolute atomic E-state index is 0.0425. The third-order valence-electron chi connectivity index (χ3n) is 7.56. The van der Waals surface area contributed by atoms with Gasteiger partial charge in [-0.3, -0.25) is 4.98 Å². The van der Waals surface area contributed by atoms with Crippen molar-refractivity contribution in [1.29, 1.82) is 5.26 Å². The number of hydrogen-bond acceptors (Lipinski definition) is 4. The second-order valence-electron chi connectivity index (χ2n) is 9.60. The van der Waals surface area contributed by atoms with Crippen molar-refractivity contribution in [2.75, 3.05) is 19.6 Å².